The van der Waals surface area contributed by atoms with E-state index in [-0.39, 0.29) is 0 Å². The van der Waals surface area contributed by atoms with Crippen LogP contribution in [0.5, 0.6) is 0 Å². The van der Waals surface area contributed by atoms with Gasteiger partial charge in [-0.2, -0.15) is 0 Å². The van der Waals surface area contributed by atoms with E-state index in [0.717, 1.165) is 11.8 Å². The third kappa shape index (κ3) is 1.95. The Balaban J connectivity index is 1.76. The summed E-state index contributed by atoms with van der Waals surface area (Å²) in [5.74, 6) is 1.63. The van der Waals surface area contributed by atoms with Crippen LogP contribution in [0.4, 0.5) is 0 Å². The van der Waals surface area contributed by atoms with Crippen LogP contribution in [0, 0.1) is 0 Å². The van der Waals surface area contributed by atoms with Crippen molar-refractivity contribution in [2.45, 2.75) is 55.2 Å². The Hall–Kier alpha value is -0.300. The molecule has 86 valence electrons. The molecule has 0 bridgehead atoms. The number of halogens is 1. The van der Waals surface area contributed by atoms with Gasteiger partial charge in [-0.1, -0.05) is 53.0 Å². The molecule has 0 spiro atoms. The molecule has 0 aromatic heterocycles. The van der Waals surface area contributed by atoms with Gasteiger partial charge in [-0.25, -0.2) is 0 Å². The summed E-state index contributed by atoms with van der Waals surface area (Å²) in [5.41, 5.74) is 3.11. The zero-order chi connectivity index (χ0) is 11.0. The summed E-state index contributed by atoms with van der Waals surface area (Å²) in [4.78, 5) is 0.710. The Labute approximate surface area is 107 Å². The van der Waals surface area contributed by atoms with E-state index in [2.05, 4.69) is 40.2 Å². The van der Waals surface area contributed by atoms with Crippen molar-refractivity contribution in [2.75, 3.05) is 0 Å². The van der Waals surface area contributed by atoms with Crippen LogP contribution in [0.15, 0.2) is 24.3 Å². The summed E-state index contributed by atoms with van der Waals surface area (Å²) >= 11 is 3.81. The van der Waals surface area contributed by atoms with Crippen molar-refractivity contribution in [3.8, 4) is 0 Å². The summed E-state index contributed by atoms with van der Waals surface area (Å²) in [6, 6.07) is 9.49. The fourth-order valence-corrected chi connectivity index (χ4v) is 3.94. The standard InChI is InChI=1S/C15H19Br/c16-15-6-2-5-14(15)13-9-7-12(8-10-13)11-3-1-4-11/h7-11,14-15H,1-6H2. The van der Waals surface area contributed by atoms with Crippen LogP contribution < -0.4 is 0 Å². The summed E-state index contributed by atoms with van der Waals surface area (Å²) in [6.45, 7) is 0. The SMILES string of the molecule is BrC1CCCC1c1ccc(C2CCC2)cc1. The lowest BCUT2D eigenvalue weighted by molar-refractivity contribution is 0.419. The van der Waals surface area contributed by atoms with Gasteiger partial charge in [-0.3, -0.25) is 0 Å². The molecule has 2 aliphatic rings. The molecule has 0 nitrogen and oxygen atoms in total. The Kier molecular flexibility index (Phi) is 3.06. The van der Waals surface area contributed by atoms with Gasteiger partial charge in [0.2, 0.25) is 0 Å². The van der Waals surface area contributed by atoms with Gasteiger partial charge >= 0.3 is 0 Å². The molecule has 0 heterocycles. The molecule has 0 radical (unpaired) electrons. The zero-order valence-electron chi connectivity index (χ0n) is 9.66. The first kappa shape index (κ1) is 10.8. The van der Waals surface area contributed by atoms with Gasteiger partial charge in [0.1, 0.15) is 0 Å². The number of hydrogen-bond donors (Lipinski definition) is 0. The third-order valence-electron chi connectivity index (χ3n) is 4.37. The predicted molar refractivity (Wildman–Crippen MR) is 72.3 cm³/mol. The summed E-state index contributed by atoms with van der Waals surface area (Å²) in [7, 11) is 0. The van der Waals surface area contributed by atoms with E-state index in [9.17, 15) is 0 Å². The van der Waals surface area contributed by atoms with E-state index in [0.29, 0.717) is 4.83 Å². The highest BCUT2D eigenvalue weighted by atomic mass is 79.9. The first-order valence-electron chi connectivity index (χ1n) is 6.58. The topological polar surface area (TPSA) is 0 Å². The maximum absolute atomic E-state index is 3.81. The molecule has 2 atom stereocenters. The van der Waals surface area contributed by atoms with Crippen LogP contribution in [-0.2, 0) is 0 Å². The number of alkyl halides is 1. The summed E-state index contributed by atoms with van der Waals surface area (Å²) in [5, 5.41) is 0. The molecule has 2 unspecified atom stereocenters. The Morgan fingerprint density at radius 1 is 0.812 bits per heavy atom. The number of rotatable bonds is 2. The highest BCUT2D eigenvalue weighted by Crippen LogP contribution is 2.41. The van der Waals surface area contributed by atoms with Crippen LogP contribution in [-0.4, -0.2) is 4.83 Å². The minimum atomic E-state index is 0.710. The molecule has 0 N–H and O–H groups in total. The van der Waals surface area contributed by atoms with Crippen LogP contribution >= 0.6 is 15.9 Å². The Morgan fingerprint density at radius 2 is 1.44 bits per heavy atom. The Morgan fingerprint density at radius 3 is 1.94 bits per heavy atom. The van der Waals surface area contributed by atoms with E-state index in [1.54, 1.807) is 11.1 Å². The van der Waals surface area contributed by atoms with Gasteiger partial charge in [-0.15, -0.1) is 0 Å². The normalized spacial score (nSPS) is 30.3. The lowest BCUT2D eigenvalue weighted by Gasteiger charge is -2.26. The molecule has 3 rings (SSSR count). The molecule has 16 heavy (non-hydrogen) atoms. The minimum absolute atomic E-state index is 0.710. The van der Waals surface area contributed by atoms with E-state index in [4.69, 9.17) is 0 Å². The highest BCUT2D eigenvalue weighted by Gasteiger charge is 2.26. The monoisotopic (exact) mass is 278 g/mol. The van der Waals surface area contributed by atoms with Gasteiger partial charge in [0, 0.05) is 4.83 Å². The van der Waals surface area contributed by atoms with Crippen LogP contribution in [0.2, 0.25) is 0 Å². The molecular weight excluding hydrogens is 260 g/mol. The number of hydrogen-bond acceptors (Lipinski definition) is 0. The van der Waals surface area contributed by atoms with Crippen molar-refractivity contribution in [3.63, 3.8) is 0 Å². The molecule has 0 amide bonds. The maximum Gasteiger partial charge on any atom is 0.0214 e. The molecule has 2 fully saturated rings. The van der Waals surface area contributed by atoms with Gasteiger partial charge < -0.3 is 0 Å². The largest absolute Gasteiger partial charge is 0.0884 e. The quantitative estimate of drug-likeness (QED) is 0.669. The van der Waals surface area contributed by atoms with E-state index >= 15 is 0 Å². The predicted octanol–water partition coefficient (Wildman–Crippen LogP) is 4.99. The first-order valence-corrected chi connectivity index (χ1v) is 7.50. The van der Waals surface area contributed by atoms with Crippen LogP contribution in [0.1, 0.15) is 61.5 Å². The second-order valence-electron chi connectivity index (χ2n) is 5.35. The van der Waals surface area contributed by atoms with Crippen molar-refractivity contribution in [1.82, 2.24) is 0 Å². The molecule has 2 saturated carbocycles. The highest BCUT2D eigenvalue weighted by molar-refractivity contribution is 9.09. The fourth-order valence-electron chi connectivity index (χ4n) is 3.05. The van der Waals surface area contributed by atoms with Crippen molar-refractivity contribution < 1.29 is 0 Å². The molecule has 2 aliphatic carbocycles. The molecule has 0 aliphatic heterocycles. The molecular formula is C15H19Br. The smallest absolute Gasteiger partial charge is 0.0214 e. The lowest BCUT2D eigenvalue weighted by atomic mass is 9.79. The maximum atomic E-state index is 3.81. The lowest BCUT2D eigenvalue weighted by Crippen LogP contribution is -2.09. The third-order valence-corrected chi connectivity index (χ3v) is 5.47. The van der Waals surface area contributed by atoms with Crippen molar-refractivity contribution >= 4 is 15.9 Å². The minimum Gasteiger partial charge on any atom is -0.0884 e. The first-order chi connectivity index (χ1) is 7.84. The molecule has 1 heteroatoms. The fraction of sp³-hybridized carbons (Fsp3) is 0.600. The number of benzene rings is 1. The van der Waals surface area contributed by atoms with Gasteiger partial charge in [0.15, 0.2) is 0 Å². The molecule has 1 aromatic carbocycles. The van der Waals surface area contributed by atoms with Crippen LogP contribution in [0.3, 0.4) is 0 Å². The van der Waals surface area contributed by atoms with E-state index < -0.39 is 0 Å². The average Bonchev–Trinajstić information content (AvgIpc) is 2.63. The van der Waals surface area contributed by atoms with Gasteiger partial charge in [-0.05, 0) is 48.6 Å². The van der Waals surface area contributed by atoms with Crippen LogP contribution in [0.25, 0.3) is 0 Å². The second-order valence-corrected chi connectivity index (χ2v) is 6.52. The summed E-state index contributed by atoms with van der Waals surface area (Å²) < 4.78 is 0. The van der Waals surface area contributed by atoms with Crippen molar-refractivity contribution in [2.24, 2.45) is 0 Å². The molecule has 0 saturated heterocycles. The van der Waals surface area contributed by atoms with Gasteiger partial charge in [0.25, 0.3) is 0 Å². The van der Waals surface area contributed by atoms with Gasteiger partial charge in [0.05, 0.1) is 0 Å². The summed E-state index contributed by atoms with van der Waals surface area (Å²) in [6.07, 6.45) is 8.32. The van der Waals surface area contributed by atoms with Crippen molar-refractivity contribution in [1.29, 1.82) is 0 Å². The average molecular weight is 279 g/mol. The second kappa shape index (κ2) is 4.52. The van der Waals surface area contributed by atoms with E-state index in [1.165, 1.54) is 38.5 Å². The van der Waals surface area contributed by atoms with Crippen molar-refractivity contribution in [3.05, 3.63) is 35.4 Å². The Bertz CT molecular complexity index is 350. The van der Waals surface area contributed by atoms with E-state index in [1.807, 2.05) is 0 Å². The molecule has 1 aromatic rings. The zero-order valence-corrected chi connectivity index (χ0v) is 11.2.